The van der Waals surface area contributed by atoms with E-state index in [1.165, 1.54) is 18.0 Å². The molecule has 8 nitrogen and oxygen atoms in total. The predicted octanol–water partition coefficient (Wildman–Crippen LogP) is 1.14. The van der Waals surface area contributed by atoms with Crippen LogP contribution in [0.5, 0.6) is 0 Å². The average molecular weight is 437 g/mol. The molecule has 0 spiro atoms. The first kappa shape index (κ1) is 23.4. The number of nitrogens with zero attached hydrogens (tertiary/aromatic N) is 2. The van der Waals surface area contributed by atoms with Gasteiger partial charge >= 0.3 is 0 Å². The van der Waals surface area contributed by atoms with Crippen LogP contribution in [0, 0.1) is 11.8 Å². The van der Waals surface area contributed by atoms with Crippen LogP contribution in [0.3, 0.4) is 0 Å². The molecule has 2 aromatic rings. The maximum atomic E-state index is 11.8. The largest absolute Gasteiger partial charge is 0.391 e. The highest BCUT2D eigenvalue weighted by Crippen LogP contribution is 2.18. The molecule has 3 N–H and O–H groups in total. The number of carbonyl (C=O) groups is 2. The van der Waals surface area contributed by atoms with Gasteiger partial charge in [0.15, 0.2) is 0 Å². The van der Waals surface area contributed by atoms with E-state index in [9.17, 15) is 14.7 Å². The summed E-state index contributed by atoms with van der Waals surface area (Å²) in [5.74, 6) is 5.32. The summed E-state index contributed by atoms with van der Waals surface area (Å²) in [6.07, 6.45) is -0.746. The molecule has 0 saturated carbocycles. The Hall–Kier alpha value is -3.22. The fourth-order valence-corrected chi connectivity index (χ4v) is 3.50. The maximum absolute atomic E-state index is 11.8. The average Bonchev–Trinajstić information content (AvgIpc) is 2.82. The molecule has 0 radical (unpaired) electrons. The Balaban J connectivity index is 1.66. The van der Waals surface area contributed by atoms with Crippen molar-refractivity contribution in [1.82, 2.24) is 10.4 Å². The number of morpholine rings is 1. The van der Waals surface area contributed by atoms with Crippen molar-refractivity contribution in [2.45, 2.75) is 25.6 Å². The zero-order chi connectivity index (χ0) is 22.9. The number of hydrogen-bond donors (Lipinski definition) is 3. The zero-order valence-electron chi connectivity index (χ0n) is 17.9. The summed E-state index contributed by atoms with van der Waals surface area (Å²) in [4.78, 5) is 26.8. The fourth-order valence-electron chi connectivity index (χ4n) is 3.50. The lowest BCUT2D eigenvalue weighted by atomic mass is 10.1. The van der Waals surface area contributed by atoms with Crippen molar-refractivity contribution < 1.29 is 24.6 Å². The molecule has 1 aliphatic rings. The van der Waals surface area contributed by atoms with Gasteiger partial charge in [-0.1, -0.05) is 24.0 Å². The van der Waals surface area contributed by atoms with E-state index in [4.69, 9.17) is 9.94 Å². The molecule has 0 aliphatic carbocycles. The van der Waals surface area contributed by atoms with E-state index in [2.05, 4.69) is 28.9 Å². The quantitative estimate of drug-likeness (QED) is 0.260. The van der Waals surface area contributed by atoms with E-state index in [0.29, 0.717) is 12.1 Å². The van der Waals surface area contributed by atoms with Gasteiger partial charge in [0.1, 0.15) is 6.04 Å². The van der Waals surface area contributed by atoms with Gasteiger partial charge in [-0.2, -0.15) is 0 Å². The standard InChI is InChI=1S/C24H27N3O5/c1-18(29)23(24(30)25-31)27(17-28)22-10-8-20(9-11-22)3-2-19-4-6-21(7-5-19)16-26-12-14-32-15-13-26/h4-11,17-18,23,29,31H,12-16H2,1H3,(H,25,30)/t18-,23+/m1/s1. The molecule has 32 heavy (non-hydrogen) atoms. The molecule has 0 aromatic heterocycles. The highest BCUT2D eigenvalue weighted by atomic mass is 16.5. The highest BCUT2D eigenvalue weighted by Gasteiger charge is 2.30. The summed E-state index contributed by atoms with van der Waals surface area (Å²) in [5, 5.41) is 18.7. The fraction of sp³-hybridized carbons (Fsp3) is 0.333. The van der Waals surface area contributed by atoms with Gasteiger partial charge in [-0.05, 0) is 48.9 Å². The SMILES string of the molecule is C[C@@H](O)[C@@H](C(=O)NO)N(C=O)c1ccc(C#Cc2ccc(CN3CCOCC3)cc2)cc1. The van der Waals surface area contributed by atoms with E-state index in [1.54, 1.807) is 24.3 Å². The summed E-state index contributed by atoms with van der Waals surface area (Å²) in [6.45, 7) is 5.71. The number of benzene rings is 2. The molecule has 8 heteroatoms. The van der Waals surface area contributed by atoms with E-state index in [-0.39, 0.29) is 0 Å². The van der Waals surface area contributed by atoms with Crippen molar-refractivity contribution in [1.29, 1.82) is 0 Å². The van der Waals surface area contributed by atoms with Crippen molar-refractivity contribution in [3.8, 4) is 11.8 Å². The van der Waals surface area contributed by atoms with Crippen LogP contribution in [-0.4, -0.2) is 66.0 Å². The lowest BCUT2D eigenvalue weighted by Crippen LogP contribution is -2.51. The third-order valence-electron chi connectivity index (χ3n) is 5.23. The van der Waals surface area contributed by atoms with Crippen LogP contribution in [0.4, 0.5) is 5.69 Å². The lowest BCUT2D eigenvalue weighted by Gasteiger charge is -2.28. The highest BCUT2D eigenvalue weighted by molar-refractivity contribution is 5.92. The Morgan fingerprint density at radius 1 is 1.12 bits per heavy atom. The van der Waals surface area contributed by atoms with Crippen molar-refractivity contribution in [2.24, 2.45) is 0 Å². The van der Waals surface area contributed by atoms with Gasteiger partial charge in [-0.25, -0.2) is 5.48 Å². The Morgan fingerprint density at radius 2 is 1.69 bits per heavy atom. The monoisotopic (exact) mass is 437 g/mol. The first-order valence-corrected chi connectivity index (χ1v) is 10.4. The summed E-state index contributed by atoms with van der Waals surface area (Å²) in [7, 11) is 0. The second kappa shape index (κ2) is 11.4. The van der Waals surface area contributed by atoms with Gasteiger partial charge in [-0.3, -0.25) is 24.6 Å². The van der Waals surface area contributed by atoms with Crippen LogP contribution in [0.1, 0.15) is 23.6 Å². The maximum Gasteiger partial charge on any atom is 0.269 e. The number of aliphatic hydroxyl groups is 1. The minimum Gasteiger partial charge on any atom is -0.391 e. The van der Waals surface area contributed by atoms with Gasteiger partial charge in [0.05, 0.1) is 19.3 Å². The summed E-state index contributed by atoms with van der Waals surface area (Å²) in [6, 6.07) is 13.6. The third kappa shape index (κ3) is 6.15. The first-order valence-electron chi connectivity index (χ1n) is 10.4. The second-order valence-corrected chi connectivity index (χ2v) is 7.56. The predicted molar refractivity (Wildman–Crippen MR) is 119 cm³/mol. The van der Waals surface area contributed by atoms with E-state index < -0.39 is 18.1 Å². The molecule has 2 amide bonds. The number of hydroxylamine groups is 1. The molecule has 0 bridgehead atoms. The van der Waals surface area contributed by atoms with Crippen LogP contribution in [-0.2, 0) is 20.9 Å². The zero-order valence-corrected chi connectivity index (χ0v) is 17.9. The Morgan fingerprint density at radius 3 is 2.19 bits per heavy atom. The number of carbonyl (C=O) groups excluding carboxylic acids is 2. The van der Waals surface area contributed by atoms with Crippen LogP contribution in [0.15, 0.2) is 48.5 Å². The van der Waals surface area contributed by atoms with E-state index in [0.717, 1.165) is 48.9 Å². The lowest BCUT2D eigenvalue weighted by molar-refractivity contribution is -0.134. The second-order valence-electron chi connectivity index (χ2n) is 7.56. The van der Waals surface area contributed by atoms with Gasteiger partial charge in [0.25, 0.3) is 5.91 Å². The number of hydrogen-bond acceptors (Lipinski definition) is 6. The molecule has 1 saturated heterocycles. The Bertz CT molecular complexity index is 958. The van der Waals surface area contributed by atoms with Crippen molar-refractivity contribution in [2.75, 3.05) is 31.2 Å². The number of amides is 2. The molecule has 1 heterocycles. The number of anilines is 1. The van der Waals surface area contributed by atoms with Crippen molar-refractivity contribution in [3.05, 3.63) is 65.2 Å². The minimum absolute atomic E-state index is 0.396. The molecular formula is C24H27N3O5. The minimum atomic E-state index is -1.26. The molecular weight excluding hydrogens is 410 g/mol. The number of rotatable bonds is 7. The van der Waals surface area contributed by atoms with Crippen molar-refractivity contribution in [3.63, 3.8) is 0 Å². The van der Waals surface area contributed by atoms with Crippen molar-refractivity contribution >= 4 is 18.0 Å². The van der Waals surface area contributed by atoms with Crippen LogP contribution < -0.4 is 10.4 Å². The normalized spacial score (nSPS) is 15.7. The third-order valence-corrected chi connectivity index (χ3v) is 5.23. The van der Waals surface area contributed by atoms with Crippen LogP contribution >= 0.6 is 0 Å². The van der Waals surface area contributed by atoms with Gasteiger partial charge in [0, 0.05) is 36.4 Å². The summed E-state index contributed by atoms with van der Waals surface area (Å²) in [5.41, 5.74) is 4.73. The van der Waals surface area contributed by atoms with Crippen LogP contribution in [0.2, 0.25) is 0 Å². The van der Waals surface area contributed by atoms with Gasteiger partial charge in [0.2, 0.25) is 6.41 Å². The smallest absolute Gasteiger partial charge is 0.269 e. The van der Waals surface area contributed by atoms with Gasteiger partial charge in [-0.15, -0.1) is 0 Å². The molecule has 3 rings (SSSR count). The van der Waals surface area contributed by atoms with E-state index >= 15 is 0 Å². The topological polar surface area (TPSA) is 102 Å². The van der Waals surface area contributed by atoms with Gasteiger partial charge < -0.3 is 9.84 Å². The molecule has 168 valence electrons. The Labute approximate surface area is 187 Å². The first-order chi connectivity index (χ1) is 15.5. The molecule has 1 fully saturated rings. The number of ether oxygens (including phenoxy) is 1. The number of nitrogens with one attached hydrogen (secondary N) is 1. The summed E-state index contributed by atoms with van der Waals surface area (Å²) >= 11 is 0. The van der Waals surface area contributed by atoms with Crippen LogP contribution in [0.25, 0.3) is 0 Å². The number of aliphatic hydroxyl groups excluding tert-OH is 1. The molecule has 0 unspecified atom stereocenters. The molecule has 2 atom stereocenters. The molecule has 2 aromatic carbocycles. The van der Waals surface area contributed by atoms with E-state index in [1.807, 2.05) is 12.1 Å². The molecule has 1 aliphatic heterocycles. The summed E-state index contributed by atoms with van der Waals surface area (Å²) < 4.78 is 5.38. The Kier molecular flexibility index (Phi) is 8.36.